The van der Waals surface area contributed by atoms with E-state index >= 15 is 0 Å². The molecule has 0 aliphatic carbocycles. The van der Waals surface area contributed by atoms with Crippen LogP contribution in [0, 0.1) is 60.9 Å². The molecule has 0 atom stereocenters. The van der Waals surface area contributed by atoms with Crippen LogP contribution < -0.4 is 20.0 Å². The molecule has 0 amide bonds. The first kappa shape index (κ1) is 63.6. The molecule has 6 heterocycles. The van der Waals surface area contributed by atoms with Crippen molar-refractivity contribution in [1.82, 2.24) is 50.1 Å². The van der Waals surface area contributed by atoms with E-state index in [0.29, 0.717) is 22.5 Å². The summed E-state index contributed by atoms with van der Waals surface area (Å²) in [6, 6.07) is 32.5. The van der Waals surface area contributed by atoms with Gasteiger partial charge < -0.3 is 40.0 Å². The Hall–Kier alpha value is -7.26. The van der Waals surface area contributed by atoms with E-state index in [4.69, 9.17) is 0 Å². The maximum atomic E-state index is 13.1. The van der Waals surface area contributed by atoms with Crippen LogP contribution in [0.25, 0.3) is 45.6 Å². The van der Waals surface area contributed by atoms with Gasteiger partial charge in [-0.1, -0.05) is 52.9 Å². The Morgan fingerprint density at radius 3 is 1.02 bits per heavy atom. The number of aromatic nitrogens is 8. The molecule has 2 aliphatic rings. The predicted octanol–water partition coefficient (Wildman–Crippen LogP) is 12.8. The predicted molar refractivity (Wildman–Crippen MR) is 271 cm³/mol. The average Bonchev–Trinajstić information content (AvgIpc) is 4.24. The number of anilines is 2. The molecule has 4 aromatic heterocycles. The van der Waals surface area contributed by atoms with Gasteiger partial charge in [-0.05, 0) is 63.2 Å². The van der Waals surface area contributed by atoms with Gasteiger partial charge in [0.2, 0.25) is 0 Å². The summed E-state index contributed by atoms with van der Waals surface area (Å²) >= 11 is 0. The molecule has 24 heteroatoms. The summed E-state index contributed by atoms with van der Waals surface area (Å²) in [4.78, 5) is 25.0. The second-order valence-corrected chi connectivity index (χ2v) is 19.2. The Balaban J connectivity index is 0.000000204. The first-order valence-corrected chi connectivity index (χ1v) is 23.3. The van der Waals surface area contributed by atoms with Crippen LogP contribution in [0.3, 0.4) is 0 Å². The molecule has 0 saturated carbocycles. The fourth-order valence-corrected chi connectivity index (χ4v) is 6.68. The fourth-order valence-electron chi connectivity index (χ4n) is 6.68. The van der Waals surface area contributed by atoms with Crippen molar-refractivity contribution in [2.45, 2.75) is 64.7 Å². The first-order valence-electron chi connectivity index (χ1n) is 23.3. The van der Waals surface area contributed by atoms with E-state index in [1.807, 2.05) is 113 Å². The van der Waals surface area contributed by atoms with Crippen LogP contribution in [0.4, 0.5) is 55.3 Å². The third kappa shape index (κ3) is 17.4. The molecule has 12 nitrogen and oxygen atoms in total. The number of hydrogen-bond donors (Lipinski definition) is 0. The molecule has 0 bridgehead atoms. The third-order valence-electron chi connectivity index (χ3n) is 10.8. The van der Waals surface area contributed by atoms with Crippen molar-refractivity contribution >= 4 is 11.4 Å². The summed E-state index contributed by atoms with van der Waals surface area (Å²) in [5, 5.41) is 13.5. The van der Waals surface area contributed by atoms with Gasteiger partial charge >= 0.3 is 12.4 Å². The molecule has 2 radical (unpaired) electrons. The van der Waals surface area contributed by atoms with E-state index in [1.165, 1.54) is 48.5 Å². The molecular formula is C56H46F10Ir2N12-8. The van der Waals surface area contributed by atoms with Crippen LogP contribution >= 0.6 is 0 Å². The van der Waals surface area contributed by atoms with Gasteiger partial charge in [-0.3, -0.25) is 37.5 Å². The van der Waals surface area contributed by atoms with Gasteiger partial charge in [0.1, 0.15) is 11.4 Å². The number of halogens is 10. The molecule has 2 aliphatic heterocycles. The first-order chi connectivity index (χ1) is 36.6. The minimum Gasteiger partial charge on any atom is -0.573 e. The van der Waals surface area contributed by atoms with E-state index in [2.05, 4.69) is 64.6 Å². The molecule has 8 aromatic rings. The number of hydrogen-bond acceptors (Lipinski definition) is 10. The van der Waals surface area contributed by atoms with Crippen LogP contribution in [0.2, 0.25) is 0 Å². The van der Waals surface area contributed by atoms with Crippen LogP contribution in [0.1, 0.15) is 64.3 Å². The molecule has 0 fully saturated rings. The molecule has 10 rings (SSSR count). The third-order valence-corrected chi connectivity index (χ3v) is 10.8. The van der Waals surface area contributed by atoms with Crippen molar-refractivity contribution < 1.29 is 84.1 Å². The molecule has 0 spiro atoms. The van der Waals surface area contributed by atoms with Crippen molar-refractivity contribution in [3.8, 4) is 45.6 Å². The quantitative estimate of drug-likeness (QED) is 0.116. The second kappa shape index (κ2) is 26.3. The van der Waals surface area contributed by atoms with E-state index in [-0.39, 0.29) is 97.1 Å². The fraction of sp³-hybridized carbons (Fsp3) is 0.214. The topological polar surface area (TPSA) is 118 Å². The van der Waals surface area contributed by atoms with E-state index in [1.54, 1.807) is 24.3 Å². The average molecular weight is 1460 g/mol. The number of nitrogens with zero attached hydrogens (tertiary/aromatic N) is 12. The monoisotopic (exact) mass is 1460 g/mol. The molecule has 80 heavy (non-hydrogen) atoms. The second-order valence-electron chi connectivity index (χ2n) is 19.2. The van der Waals surface area contributed by atoms with Crippen molar-refractivity contribution in [3.05, 3.63) is 206 Å². The molecule has 4 aromatic carbocycles. The molecule has 0 saturated heterocycles. The van der Waals surface area contributed by atoms with Gasteiger partial charge in [-0.25, -0.2) is 0 Å². The van der Waals surface area contributed by atoms with Gasteiger partial charge in [-0.2, -0.15) is 51.8 Å². The maximum absolute atomic E-state index is 13.1. The van der Waals surface area contributed by atoms with Crippen LogP contribution in [-0.2, 0) is 63.4 Å². The minimum atomic E-state index is -4.58. The smallest absolute Gasteiger partial charge is 0.431 e. The van der Waals surface area contributed by atoms with E-state index < -0.39 is 35.4 Å². The largest absolute Gasteiger partial charge is 0.573 e. The summed E-state index contributed by atoms with van der Waals surface area (Å²) < 4.78 is 128. The zero-order valence-corrected chi connectivity index (χ0v) is 48.3. The zero-order valence-electron chi connectivity index (χ0n) is 43.5. The van der Waals surface area contributed by atoms with Crippen LogP contribution in [0.15, 0.2) is 122 Å². The van der Waals surface area contributed by atoms with Gasteiger partial charge in [0.25, 0.3) is 0 Å². The Morgan fingerprint density at radius 1 is 0.438 bits per heavy atom. The molecular weight excluding hydrogens is 1420 g/mol. The maximum Gasteiger partial charge on any atom is 0.431 e. The molecule has 426 valence electrons. The van der Waals surface area contributed by atoms with E-state index in [9.17, 15) is 43.9 Å². The standard InChI is InChI=1S/2C18H14F4N4.2C10H9FN2.2Ir/c2*1-17(2,3)14-8-12(13-9-15(26-25-13)18(20,21)22)23-16(24-14)10-4-6-11(19)7-5-10;2*1-12-6-7-13(8-12)10-4-2-9(11)3-5-10;;/h2*4,6-9H,1-3H3;2*2-4,6-8H,1H3;;/q4*-2;;. The normalized spacial score (nSPS) is 13.1. The Labute approximate surface area is 482 Å². The number of rotatable bonds is 6. The SMILES string of the molecule is CC(C)(C)c1cc(-c2cc(C(F)(F)F)n[n-]2)nc(-c2[c-]cc(F)cc2)n1.CC(C)(C)c1cc(-c2cc(C(F)(F)F)n[n-]2)nc(-c2[c-]cc(F)cc2)n1.CN1C=CN(c2[c-]cc(F)cc2)[CH-]1.CN1C=CN(c2[c-]cc(F)cc2)[CH-]1.[Ir].[Ir]. The zero-order chi connectivity index (χ0) is 56.7. The summed E-state index contributed by atoms with van der Waals surface area (Å²) in [7, 11) is 3.86. The van der Waals surface area contributed by atoms with E-state index in [0.717, 1.165) is 35.6 Å². The van der Waals surface area contributed by atoms with Crippen LogP contribution in [-0.4, -0.2) is 54.0 Å². The summed E-state index contributed by atoms with van der Waals surface area (Å²) in [6.07, 6.45) is -1.56. The van der Waals surface area contributed by atoms with Gasteiger partial charge in [0, 0.05) is 97.1 Å². The van der Waals surface area contributed by atoms with Crippen LogP contribution in [0.5, 0.6) is 0 Å². The van der Waals surface area contributed by atoms with Gasteiger partial charge in [0.05, 0.1) is 11.6 Å². The van der Waals surface area contributed by atoms with Gasteiger partial charge in [-0.15, -0.1) is 107 Å². The minimum absolute atomic E-state index is 0. The Bertz CT molecular complexity index is 3110. The summed E-state index contributed by atoms with van der Waals surface area (Å²) in [6.45, 7) is 15.3. The molecule has 0 N–H and O–H groups in total. The van der Waals surface area contributed by atoms with Crippen molar-refractivity contribution in [2.24, 2.45) is 0 Å². The number of benzene rings is 4. The molecule has 0 unspecified atom stereocenters. The Morgan fingerprint density at radius 2 is 0.775 bits per heavy atom. The summed E-state index contributed by atoms with van der Waals surface area (Å²) in [5.41, 5.74) is 1.19. The van der Waals surface area contributed by atoms with Crippen molar-refractivity contribution in [3.63, 3.8) is 0 Å². The van der Waals surface area contributed by atoms with Gasteiger partial charge in [0.15, 0.2) is 0 Å². The van der Waals surface area contributed by atoms with Crippen molar-refractivity contribution in [1.29, 1.82) is 0 Å². The Kier molecular flexibility index (Phi) is 20.9. The number of alkyl halides is 6. The van der Waals surface area contributed by atoms with Crippen molar-refractivity contribution in [2.75, 3.05) is 23.9 Å². The summed E-state index contributed by atoms with van der Waals surface area (Å²) in [5.74, 6) is -0.996.